The topological polar surface area (TPSA) is 40.9 Å². The van der Waals surface area contributed by atoms with Gasteiger partial charge in [-0.1, -0.05) is 24.3 Å². The van der Waals surface area contributed by atoms with Crippen molar-refractivity contribution >= 4 is 10.6 Å². The zero-order valence-corrected chi connectivity index (χ0v) is 6.73. The van der Waals surface area contributed by atoms with Crippen molar-refractivity contribution in [1.82, 2.24) is 0 Å². The number of alkyl halides is 1. The van der Waals surface area contributed by atoms with Crippen molar-refractivity contribution in [3.05, 3.63) is 24.3 Å². The molecule has 0 saturated heterocycles. The van der Waals surface area contributed by atoms with Gasteiger partial charge >= 0.3 is 0 Å². The van der Waals surface area contributed by atoms with E-state index < -0.39 is 22.0 Å². The van der Waals surface area contributed by atoms with Crippen molar-refractivity contribution < 1.29 is 8.60 Å². The summed E-state index contributed by atoms with van der Waals surface area (Å²) in [6.07, 6.45) is 6.99. The largest absolute Gasteiger partial charge is 0.444 e. The third kappa shape index (κ3) is 1.50. The van der Waals surface area contributed by atoms with Gasteiger partial charge in [-0.15, -0.1) is 0 Å². The van der Waals surface area contributed by atoms with E-state index in [0.717, 1.165) is 0 Å². The Labute approximate surface area is 66.8 Å². The average Bonchev–Trinajstić information content (AvgIpc) is 2.05. The molecule has 0 spiro atoms. The van der Waals surface area contributed by atoms with Crippen LogP contribution >= 0.6 is 0 Å². The molecule has 0 aromatic rings. The number of rotatable bonds is 2. The van der Waals surface area contributed by atoms with E-state index in [0.29, 0.717) is 6.42 Å². The van der Waals surface area contributed by atoms with E-state index in [1.54, 1.807) is 18.2 Å². The van der Waals surface area contributed by atoms with Crippen LogP contribution in [0.1, 0.15) is 6.42 Å². The summed E-state index contributed by atoms with van der Waals surface area (Å²) in [5.41, 5.74) is 0. The van der Waals surface area contributed by atoms with Crippen LogP contribution in [0.15, 0.2) is 24.3 Å². The van der Waals surface area contributed by atoms with Crippen LogP contribution in [0.5, 0.6) is 0 Å². The van der Waals surface area contributed by atoms with Crippen molar-refractivity contribution in [3.8, 4) is 0 Å². The summed E-state index contributed by atoms with van der Waals surface area (Å²) in [7, 11) is -1.87. The Kier molecular flexibility index (Phi) is 2.44. The van der Waals surface area contributed by atoms with Crippen LogP contribution in [0.25, 0.3) is 0 Å². The van der Waals surface area contributed by atoms with Gasteiger partial charge in [-0.2, -0.15) is 10.6 Å². The number of allylic oxidation sites excluding steroid dienone is 3. The molecule has 62 valence electrons. The van der Waals surface area contributed by atoms with Crippen LogP contribution in [-0.4, -0.2) is 11.4 Å². The molecule has 0 bridgehead atoms. The summed E-state index contributed by atoms with van der Waals surface area (Å²) < 4.78 is 29.1. The summed E-state index contributed by atoms with van der Waals surface area (Å²) in [6.45, 7) is -0.732. The molecule has 0 aliphatic heterocycles. The summed E-state index contributed by atoms with van der Waals surface area (Å²) in [5, 5.41) is 0. The van der Waals surface area contributed by atoms with Crippen LogP contribution < -0.4 is 0 Å². The molecule has 0 amide bonds. The van der Waals surface area contributed by atoms with Crippen LogP contribution in [0, 0.1) is 4.78 Å². The van der Waals surface area contributed by atoms with E-state index in [-0.39, 0.29) is 0 Å². The lowest BCUT2D eigenvalue weighted by Gasteiger charge is -2.30. The van der Waals surface area contributed by atoms with Crippen molar-refractivity contribution in [1.29, 1.82) is 4.78 Å². The minimum absolute atomic E-state index is 0.357. The van der Waals surface area contributed by atoms with Crippen molar-refractivity contribution in [2.75, 3.05) is 6.67 Å². The summed E-state index contributed by atoms with van der Waals surface area (Å²) in [5.74, 6) is 0. The van der Waals surface area contributed by atoms with Gasteiger partial charge in [0.1, 0.15) is 0 Å². The summed E-state index contributed by atoms with van der Waals surface area (Å²) in [4.78, 5) is 0. The number of halogens is 1. The lowest BCUT2D eigenvalue weighted by Crippen LogP contribution is -2.30. The molecule has 0 saturated carbocycles. The lowest BCUT2D eigenvalue weighted by molar-refractivity contribution is 0.427. The lowest BCUT2D eigenvalue weighted by atomic mass is 10.0. The second-order valence-corrected chi connectivity index (χ2v) is 3.81. The predicted molar refractivity (Wildman–Crippen MR) is 42.4 cm³/mol. The highest BCUT2D eigenvalue weighted by Gasteiger charge is 2.20. The highest BCUT2D eigenvalue weighted by atomic mass is 32.2. The Morgan fingerprint density at radius 3 is 2.64 bits per heavy atom. The molecule has 2 nitrogen and oxygen atoms in total. The van der Waals surface area contributed by atoms with Gasteiger partial charge in [0, 0.05) is 0 Å². The molecule has 1 aliphatic carbocycles. The molecule has 1 rings (SSSR count). The molecular formula is C7H9FNOS-. The van der Waals surface area contributed by atoms with Gasteiger partial charge in [-0.05, 0) is 11.2 Å². The van der Waals surface area contributed by atoms with Crippen molar-refractivity contribution in [2.45, 2.75) is 11.2 Å². The normalized spacial score (nSPS) is 29.6. The molecule has 1 unspecified atom stereocenters. The van der Waals surface area contributed by atoms with E-state index in [1.807, 2.05) is 0 Å². The van der Waals surface area contributed by atoms with E-state index in [4.69, 9.17) is 4.78 Å². The van der Waals surface area contributed by atoms with Gasteiger partial charge in [-0.25, -0.2) is 0 Å². The maximum atomic E-state index is 12.4. The molecule has 1 N–H and O–H groups in total. The standard InChI is InChI=1S/C7H9FNOS/c8-6-7(11(9)10)4-2-1-3-5-7/h1-4,9H,5-6H2/q-1. The first-order chi connectivity index (χ1) is 5.21. The SMILES string of the molecule is N=[S-](=O)C1(CF)C=CC=CC1. The maximum Gasteiger partial charge on any atom is 0.0836 e. The van der Waals surface area contributed by atoms with Gasteiger partial charge in [0.25, 0.3) is 0 Å². The fourth-order valence-electron chi connectivity index (χ4n) is 0.931. The highest BCUT2D eigenvalue weighted by Crippen LogP contribution is 2.22. The Balaban J connectivity index is 2.94. The third-order valence-electron chi connectivity index (χ3n) is 1.71. The minimum atomic E-state index is -1.87. The first-order valence-corrected chi connectivity index (χ1v) is 4.40. The maximum absolute atomic E-state index is 12.4. The molecule has 1 atom stereocenters. The molecule has 0 fully saturated rings. The molecule has 0 aromatic carbocycles. The quantitative estimate of drug-likeness (QED) is 0.638. The zero-order chi connectivity index (χ0) is 8.32. The van der Waals surface area contributed by atoms with Crippen LogP contribution in [0.2, 0.25) is 0 Å². The fraction of sp³-hybridized carbons (Fsp3) is 0.429. The molecule has 0 heterocycles. The van der Waals surface area contributed by atoms with Crippen LogP contribution in [0.4, 0.5) is 4.39 Å². The molecule has 1 aliphatic rings. The minimum Gasteiger partial charge on any atom is -0.444 e. The Morgan fingerprint density at radius 2 is 2.36 bits per heavy atom. The summed E-state index contributed by atoms with van der Waals surface area (Å²) in [6, 6.07) is 0. The molecule has 11 heavy (non-hydrogen) atoms. The molecule has 0 aromatic heterocycles. The molecule has 0 radical (unpaired) electrons. The second kappa shape index (κ2) is 3.17. The number of hydrogen-bond donors (Lipinski definition) is 1. The Bertz CT molecular complexity index is 262. The van der Waals surface area contributed by atoms with Gasteiger partial charge in [-0.3, -0.25) is 4.39 Å². The second-order valence-electron chi connectivity index (χ2n) is 2.46. The summed E-state index contributed by atoms with van der Waals surface area (Å²) >= 11 is 0. The Hall–Kier alpha value is -0.640. The van der Waals surface area contributed by atoms with E-state index >= 15 is 0 Å². The fourth-order valence-corrected chi connectivity index (χ4v) is 1.48. The monoisotopic (exact) mass is 174 g/mol. The molecule has 4 heteroatoms. The first-order valence-electron chi connectivity index (χ1n) is 3.25. The Morgan fingerprint density at radius 1 is 1.64 bits per heavy atom. The average molecular weight is 174 g/mol. The number of hydrogen-bond acceptors (Lipinski definition) is 3. The number of nitrogens with one attached hydrogen (secondary N) is 1. The highest BCUT2D eigenvalue weighted by molar-refractivity contribution is 7.75. The third-order valence-corrected chi connectivity index (χ3v) is 2.86. The first kappa shape index (κ1) is 8.46. The van der Waals surface area contributed by atoms with Gasteiger partial charge in [0.15, 0.2) is 0 Å². The van der Waals surface area contributed by atoms with Crippen molar-refractivity contribution in [2.24, 2.45) is 0 Å². The van der Waals surface area contributed by atoms with E-state index in [1.165, 1.54) is 6.08 Å². The van der Waals surface area contributed by atoms with Gasteiger partial charge in [0.05, 0.1) is 6.67 Å². The smallest absolute Gasteiger partial charge is 0.0836 e. The van der Waals surface area contributed by atoms with Crippen LogP contribution in [-0.2, 0) is 14.8 Å². The van der Waals surface area contributed by atoms with Gasteiger partial charge < -0.3 is 8.99 Å². The predicted octanol–water partition coefficient (Wildman–Crippen LogP) is 1.94. The van der Waals surface area contributed by atoms with Crippen molar-refractivity contribution in [3.63, 3.8) is 0 Å². The molecular weight excluding hydrogens is 165 g/mol. The van der Waals surface area contributed by atoms with Gasteiger partial charge in [0.2, 0.25) is 0 Å². The van der Waals surface area contributed by atoms with E-state index in [2.05, 4.69) is 0 Å². The van der Waals surface area contributed by atoms with E-state index in [9.17, 15) is 8.60 Å². The zero-order valence-electron chi connectivity index (χ0n) is 5.92. The van der Waals surface area contributed by atoms with Crippen LogP contribution in [0.3, 0.4) is 0 Å².